The molecule has 2 aliphatic heterocycles. The molecule has 0 bridgehead atoms. The number of hydrogen-bond acceptors (Lipinski definition) is 3. The molecule has 0 amide bonds. The molecule has 7 heteroatoms. The van der Waals surface area contributed by atoms with Crippen molar-refractivity contribution in [3.05, 3.63) is 29.3 Å². The summed E-state index contributed by atoms with van der Waals surface area (Å²) in [6.45, 7) is 4.14. The monoisotopic (exact) mass is 371 g/mol. The quantitative estimate of drug-likeness (QED) is 0.825. The lowest BCUT2D eigenvalue weighted by molar-refractivity contribution is 0.0204. The highest BCUT2D eigenvalue weighted by Gasteiger charge is 2.55. The highest BCUT2D eigenvalue weighted by atomic mass is 32.2. The molecule has 1 aliphatic carbocycles. The van der Waals surface area contributed by atoms with E-state index in [0.717, 1.165) is 12.1 Å². The van der Waals surface area contributed by atoms with Crippen molar-refractivity contribution in [3.8, 4) is 5.75 Å². The number of ether oxygens (including phenoxy) is 1. The van der Waals surface area contributed by atoms with Gasteiger partial charge in [0.15, 0.2) is 11.6 Å². The van der Waals surface area contributed by atoms with E-state index in [1.54, 1.807) is 0 Å². The van der Waals surface area contributed by atoms with Gasteiger partial charge in [-0.25, -0.2) is 21.9 Å². The lowest BCUT2D eigenvalue weighted by Crippen LogP contribution is -2.61. The summed E-state index contributed by atoms with van der Waals surface area (Å²) in [4.78, 5) is 0. The van der Waals surface area contributed by atoms with Gasteiger partial charge in [-0.2, -0.15) is 0 Å². The van der Waals surface area contributed by atoms with Crippen LogP contribution >= 0.6 is 0 Å². The van der Waals surface area contributed by atoms with Crippen LogP contribution in [0.25, 0.3) is 0 Å². The molecular formula is C18H23F2NO3S. The van der Waals surface area contributed by atoms with Crippen molar-refractivity contribution in [1.29, 1.82) is 0 Å². The predicted octanol–water partition coefficient (Wildman–Crippen LogP) is 3.11. The van der Waals surface area contributed by atoms with Crippen LogP contribution in [0.4, 0.5) is 8.78 Å². The van der Waals surface area contributed by atoms with E-state index in [2.05, 4.69) is 4.72 Å². The Morgan fingerprint density at radius 2 is 2.04 bits per heavy atom. The van der Waals surface area contributed by atoms with E-state index in [1.165, 1.54) is 0 Å². The normalized spacial score (nSPS) is 38.9. The largest absolute Gasteiger partial charge is 0.490 e. The molecule has 1 saturated carbocycles. The molecule has 3 aliphatic rings. The van der Waals surface area contributed by atoms with E-state index < -0.39 is 32.3 Å². The number of sulfonamides is 1. The fourth-order valence-corrected chi connectivity index (χ4v) is 7.03. The van der Waals surface area contributed by atoms with Crippen molar-refractivity contribution in [1.82, 2.24) is 4.72 Å². The summed E-state index contributed by atoms with van der Waals surface area (Å²) >= 11 is 0. The molecule has 0 unspecified atom stereocenters. The molecule has 25 heavy (non-hydrogen) atoms. The van der Waals surface area contributed by atoms with Crippen molar-refractivity contribution in [2.24, 2.45) is 11.8 Å². The van der Waals surface area contributed by atoms with Crippen LogP contribution in [0.5, 0.6) is 5.75 Å². The highest BCUT2D eigenvalue weighted by Crippen LogP contribution is 2.55. The van der Waals surface area contributed by atoms with Crippen LogP contribution in [-0.2, 0) is 15.4 Å². The zero-order valence-electron chi connectivity index (χ0n) is 14.4. The van der Waals surface area contributed by atoms with Gasteiger partial charge in [-0.15, -0.1) is 0 Å². The highest BCUT2D eigenvalue weighted by molar-refractivity contribution is 7.90. The van der Waals surface area contributed by atoms with Crippen molar-refractivity contribution < 1.29 is 21.9 Å². The van der Waals surface area contributed by atoms with Gasteiger partial charge in [-0.3, -0.25) is 0 Å². The Hall–Kier alpha value is -1.21. The zero-order chi connectivity index (χ0) is 18.0. The van der Waals surface area contributed by atoms with Crippen molar-refractivity contribution in [2.75, 3.05) is 6.61 Å². The van der Waals surface area contributed by atoms with Crippen LogP contribution in [0.15, 0.2) is 12.1 Å². The van der Waals surface area contributed by atoms with Gasteiger partial charge in [0.2, 0.25) is 10.0 Å². The number of nitrogens with one attached hydrogen (secondary N) is 1. The second kappa shape index (κ2) is 5.64. The second-order valence-corrected chi connectivity index (χ2v) is 9.80. The zero-order valence-corrected chi connectivity index (χ0v) is 15.2. The van der Waals surface area contributed by atoms with Crippen molar-refractivity contribution in [2.45, 2.75) is 56.2 Å². The Balaban J connectivity index is 1.76. The first kappa shape index (κ1) is 17.2. The third kappa shape index (κ3) is 2.42. The lowest BCUT2D eigenvalue weighted by Gasteiger charge is -2.54. The first-order valence-electron chi connectivity index (χ1n) is 8.90. The Morgan fingerprint density at radius 1 is 1.32 bits per heavy atom. The lowest BCUT2D eigenvalue weighted by atomic mass is 9.56. The van der Waals surface area contributed by atoms with Gasteiger partial charge in [0, 0.05) is 22.9 Å². The van der Waals surface area contributed by atoms with E-state index in [4.69, 9.17) is 4.74 Å². The van der Waals surface area contributed by atoms with E-state index in [1.807, 2.05) is 13.8 Å². The van der Waals surface area contributed by atoms with Crippen LogP contribution in [-0.4, -0.2) is 26.3 Å². The van der Waals surface area contributed by atoms with Gasteiger partial charge >= 0.3 is 0 Å². The Kier molecular flexibility index (Phi) is 3.89. The van der Waals surface area contributed by atoms with Crippen molar-refractivity contribution in [3.63, 3.8) is 0 Å². The second-order valence-electron chi connectivity index (χ2n) is 7.81. The van der Waals surface area contributed by atoms with Gasteiger partial charge in [0.05, 0.1) is 11.9 Å². The van der Waals surface area contributed by atoms with Gasteiger partial charge in [0.25, 0.3) is 0 Å². The number of halogens is 2. The molecule has 4 rings (SSSR count). The van der Waals surface area contributed by atoms with E-state index >= 15 is 0 Å². The first-order valence-corrected chi connectivity index (χ1v) is 10.4. The summed E-state index contributed by atoms with van der Waals surface area (Å²) in [5.74, 6) is -0.907. The van der Waals surface area contributed by atoms with Crippen molar-refractivity contribution >= 4 is 10.0 Å². The minimum absolute atomic E-state index is 0.0284. The fraction of sp³-hybridized carbons (Fsp3) is 0.667. The molecule has 1 aromatic rings. The number of hydrogen-bond donors (Lipinski definition) is 1. The summed E-state index contributed by atoms with van der Waals surface area (Å²) in [6, 6.07) is 2.12. The maximum atomic E-state index is 14.6. The average Bonchev–Trinajstić information content (AvgIpc) is 2.56. The van der Waals surface area contributed by atoms with Gasteiger partial charge in [-0.1, -0.05) is 13.8 Å². The van der Waals surface area contributed by atoms with Gasteiger partial charge in [-0.05, 0) is 43.7 Å². The summed E-state index contributed by atoms with van der Waals surface area (Å²) in [6.07, 6.45) is 2.33. The molecule has 2 heterocycles. The van der Waals surface area contributed by atoms with Crippen LogP contribution in [0.1, 0.15) is 45.1 Å². The molecule has 4 nitrogen and oxygen atoms in total. The Labute approximate surface area is 147 Å². The summed E-state index contributed by atoms with van der Waals surface area (Å²) in [5, 5.41) is -0.435. The van der Waals surface area contributed by atoms with E-state index in [9.17, 15) is 17.2 Å². The maximum Gasteiger partial charge on any atom is 0.214 e. The Morgan fingerprint density at radius 3 is 2.76 bits per heavy atom. The molecule has 5 atom stereocenters. The topological polar surface area (TPSA) is 55.4 Å². The molecule has 1 N–H and O–H groups in total. The molecule has 0 spiro atoms. The molecule has 1 aromatic carbocycles. The van der Waals surface area contributed by atoms with Crippen LogP contribution in [0.3, 0.4) is 0 Å². The summed E-state index contributed by atoms with van der Waals surface area (Å²) in [7, 11) is -3.30. The third-order valence-corrected chi connectivity index (χ3v) is 8.64. The maximum absolute atomic E-state index is 14.6. The minimum Gasteiger partial charge on any atom is -0.490 e. The summed E-state index contributed by atoms with van der Waals surface area (Å²) in [5.41, 5.74) is -0.217. The summed E-state index contributed by atoms with van der Waals surface area (Å²) < 4.78 is 61.9. The van der Waals surface area contributed by atoms with Gasteiger partial charge in [0.1, 0.15) is 5.82 Å². The average molecular weight is 371 g/mol. The van der Waals surface area contributed by atoms with Crippen LogP contribution in [0.2, 0.25) is 0 Å². The SMILES string of the molecule is CC[C@@H]1C[C@@H]2[C@@H](CC[C@@]3(C)c4c(F)ccc(F)c4OC[C@@H]23)NS1(=O)=O. The van der Waals surface area contributed by atoms with Gasteiger partial charge < -0.3 is 4.74 Å². The minimum atomic E-state index is -3.30. The van der Waals surface area contributed by atoms with Crippen LogP contribution < -0.4 is 9.46 Å². The standard InChI is InChI=1S/C18H23F2NO3S/c1-3-10-8-11-12-9-24-17-14(20)5-4-13(19)16(17)18(12,2)7-6-15(11)21-25(10,22)23/h4-5,10-12,15,21H,3,6-9H2,1-2H3/t10-,11+,12+,15-,18-/m1/s1. The van der Waals surface area contributed by atoms with Crippen LogP contribution in [0, 0.1) is 23.5 Å². The smallest absolute Gasteiger partial charge is 0.214 e. The molecule has 0 radical (unpaired) electrons. The molecule has 138 valence electrons. The first-order chi connectivity index (χ1) is 11.8. The molecule has 2 fully saturated rings. The Bertz CT molecular complexity index is 813. The number of benzene rings is 1. The number of fused-ring (bicyclic) bond motifs is 5. The molecule has 0 aromatic heterocycles. The van der Waals surface area contributed by atoms with E-state index in [-0.39, 0.29) is 23.6 Å². The molecule has 1 saturated heterocycles. The fourth-order valence-electron chi connectivity index (χ4n) is 5.20. The van der Waals surface area contributed by atoms with E-state index in [0.29, 0.717) is 37.9 Å². The number of rotatable bonds is 1. The molecular weight excluding hydrogens is 348 g/mol. The predicted molar refractivity (Wildman–Crippen MR) is 90.0 cm³/mol. The third-order valence-electron chi connectivity index (χ3n) is 6.61.